The van der Waals surface area contributed by atoms with E-state index in [1.165, 1.54) is 6.42 Å². The third-order valence-corrected chi connectivity index (χ3v) is 2.76. The average Bonchev–Trinajstić information content (AvgIpc) is 2.22. The van der Waals surface area contributed by atoms with Crippen LogP contribution in [0.1, 0.15) is 46.5 Å². The molecule has 15 heavy (non-hydrogen) atoms. The van der Waals surface area contributed by atoms with Gasteiger partial charge in [0, 0.05) is 12.5 Å². The van der Waals surface area contributed by atoms with Gasteiger partial charge >= 0.3 is 0 Å². The quantitative estimate of drug-likeness (QED) is 0.479. The predicted octanol–water partition coefficient (Wildman–Crippen LogP) is 0.941. The number of hydrogen-bond acceptors (Lipinski definition) is 2. The number of carbonyl (C=O) groups excluding carboxylic acids is 1. The van der Waals surface area contributed by atoms with Gasteiger partial charge in [0.2, 0.25) is 13.9 Å². The molecule has 0 heterocycles. The minimum absolute atomic E-state index is 0.159. The Morgan fingerprint density at radius 3 is 2.47 bits per heavy atom. The maximum absolute atomic E-state index is 11.0. The first-order chi connectivity index (χ1) is 7.11. The Bertz CT molecular complexity index is 174. The monoisotopic (exact) mass is 212 g/mol. The zero-order valence-electron chi connectivity index (χ0n) is 10.7. The zero-order chi connectivity index (χ0) is 11.7. The van der Waals surface area contributed by atoms with Crippen molar-refractivity contribution in [2.24, 2.45) is 0 Å². The summed E-state index contributed by atoms with van der Waals surface area (Å²) in [5, 5.41) is 2.64. The molecule has 0 radical (unpaired) electrons. The van der Waals surface area contributed by atoms with Crippen LogP contribution in [-0.2, 0) is 4.79 Å². The Balaban J connectivity index is 3.40. The summed E-state index contributed by atoms with van der Waals surface area (Å²) in [6.45, 7) is 8.93. The van der Waals surface area contributed by atoms with Crippen molar-refractivity contribution in [1.29, 1.82) is 0 Å². The van der Waals surface area contributed by atoms with Crippen LogP contribution >= 0.6 is 0 Å². The number of hydrogen-bond donors (Lipinski definition) is 1. The van der Waals surface area contributed by atoms with E-state index < -0.39 is 0 Å². The molecule has 0 aliphatic rings. The molecule has 0 aromatic heterocycles. The van der Waals surface area contributed by atoms with Crippen molar-refractivity contribution in [2.45, 2.75) is 52.5 Å². The molecule has 0 aliphatic heterocycles. The van der Waals surface area contributed by atoms with Crippen molar-refractivity contribution in [3.63, 3.8) is 0 Å². The highest BCUT2D eigenvalue weighted by atomic mass is 16.1. The van der Waals surface area contributed by atoms with E-state index in [1.54, 1.807) is 7.98 Å². The van der Waals surface area contributed by atoms with Crippen LogP contribution in [0.15, 0.2) is 0 Å². The van der Waals surface area contributed by atoms with Gasteiger partial charge in [-0.05, 0) is 39.8 Å². The summed E-state index contributed by atoms with van der Waals surface area (Å²) < 4.78 is 0. The lowest BCUT2D eigenvalue weighted by atomic mass is 10.1. The normalized spacial score (nSPS) is 11.0. The van der Waals surface area contributed by atoms with Crippen LogP contribution in [0.25, 0.3) is 0 Å². The van der Waals surface area contributed by atoms with Crippen molar-refractivity contribution < 1.29 is 4.79 Å². The van der Waals surface area contributed by atoms with Crippen LogP contribution in [0.3, 0.4) is 0 Å². The Labute approximate surface area is 95.0 Å². The number of amides is 1. The van der Waals surface area contributed by atoms with Crippen LogP contribution in [0, 0.1) is 0 Å². The number of unbranched alkanes of at least 4 members (excludes halogenated alkanes) is 2. The summed E-state index contributed by atoms with van der Waals surface area (Å²) >= 11 is 0. The Kier molecular flexibility index (Phi) is 8.48. The van der Waals surface area contributed by atoms with Gasteiger partial charge in [-0.2, -0.15) is 0 Å². The highest BCUT2D eigenvalue weighted by molar-refractivity contribution is 6.14. The summed E-state index contributed by atoms with van der Waals surface area (Å²) in [6, 6.07) is 0.633. The number of rotatable bonds is 8. The lowest BCUT2D eigenvalue weighted by Gasteiger charge is -2.24. The molecule has 0 saturated carbocycles. The summed E-state index contributed by atoms with van der Waals surface area (Å²) in [7, 11) is 1.69. The van der Waals surface area contributed by atoms with Gasteiger partial charge in [-0.15, -0.1) is 0 Å². The smallest absolute Gasteiger partial charge is 0.217 e. The third kappa shape index (κ3) is 7.43. The van der Waals surface area contributed by atoms with Gasteiger partial charge in [-0.1, -0.05) is 13.3 Å². The topological polar surface area (TPSA) is 32.3 Å². The van der Waals surface area contributed by atoms with Crippen LogP contribution < -0.4 is 5.23 Å². The summed E-state index contributed by atoms with van der Waals surface area (Å²) in [5.41, 5.74) is 0. The third-order valence-electron chi connectivity index (χ3n) is 2.76. The molecule has 0 atom stereocenters. The molecule has 3 nitrogen and oxygen atoms in total. The van der Waals surface area contributed by atoms with E-state index in [1.807, 2.05) is 0 Å². The molecule has 0 bridgehead atoms. The van der Waals surface area contributed by atoms with Gasteiger partial charge in [0.1, 0.15) is 0 Å². The molecular formula is C11H25BN2O. The van der Waals surface area contributed by atoms with E-state index in [4.69, 9.17) is 0 Å². The summed E-state index contributed by atoms with van der Waals surface area (Å²) in [4.78, 5) is 13.4. The van der Waals surface area contributed by atoms with Gasteiger partial charge in [0.25, 0.3) is 0 Å². The van der Waals surface area contributed by atoms with Crippen LogP contribution in [0.2, 0.25) is 0 Å². The molecule has 4 heteroatoms. The van der Waals surface area contributed by atoms with E-state index in [0.29, 0.717) is 12.5 Å². The number of carbonyl (C=O) groups is 1. The van der Waals surface area contributed by atoms with Crippen LogP contribution in [0.4, 0.5) is 0 Å². The molecule has 0 spiro atoms. The van der Waals surface area contributed by atoms with Gasteiger partial charge in [-0.3, -0.25) is 4.79 Å². The van der Waals surface area contributed by atoms with Crippen molar-refractivity contribution in [3.8, 4) is 0 Å². The lowest BCUT2D eigenvalue weighted by Crippen LogP contribution is -2.31. The first kappa shape index (κ1) is 14.5. The second-order valence-electron chi connectivity index (χ2n) is 4.21. The van der Waals surface area contributed by atoms with Gasteiger partial charge in [-0.25, -0.2) is 0 Å². The highest BCUT2D eigenvalue weighted by Crippen LogP contribution is 2.04. The molecule has 88 valence electrons. The molecule has 0 unspecified atom stereocenters. The molecular weight excluding hydrogens is 187 g/mol. The lowest BCUT2D eigenvalue weighted by molar-refractivity contribution is -0.119. The van der Waals surface area contributed by atoms with Crippen molar-refractivity contribution in [3.05, 3.63) is 0 Å². The first-order valence-electron chi connectivity index (χ1n) is 6.06. The van der Waals surface area contributed by atoms with Crippen LogP contribution in [0.5, 0.6) is 0 Å². The van der Waals surface area contributed by atoms with Crippen molar-refractivity contribution in [1.82, 2.24) is 10.1 Å². The molecule has 0 saturated heterocycles. The minimum atomic E-state index is 0.159. The van der Waals surface area contributed by atoms with Crippen molar-refractivity contribution in [2.75, 3.05) is 13.1 Å². The number of nitrogens with zero attached hydrogens (tertiary/aromatic N) is 1. The van der Waals surface area contributed by atoms with Gasteiger partial charge in [0.15, 0.2) is 0 Å². The molecule has 0 rings (SSSR count). The second kappa shape index (κ2) is 8.78. The maximum atomic E-state index is 11.0. The van der Waals surface area contributed by atoms with E-state index in [2.05, 4.69) is 30.9 Å². The van der Waals surface area contributed by atoms with E-state index in [-0.39, 0.29) is 5.91 Å². The largest absolute Gasteiger partial charge is 0.406 e. The Morgan fingerprint density at radius 2 is 2.00 bits per heavy atom. The SMILES string of the molecule is BNC(=O)CCCCCN(CC)C(C)C. The fourth-order valence-electron chi connectivity index (χ4n) is 1.68. The van der Waals surface area contributed by atoms with E-state index in [0.717, 1.165) is 25.9 Å². The summed E-state index contributed by atoms with van der Waals surface area (Å²) in [5.74, 6) is 0.159. The Hall–Kier alpha value is -0.505. The standard InChI is InChI=1S/C11H25BN2O/c1-4-14(10(2)3)9-7-5-6-8-11(15)13-12/h10H,4-9,12H2,1-3H3,(H,13,15). The van der Waals surface area contributed by atoms with Gasteiger partial charge in [0.05, 0.1) is 0 Å². The summed E-state index contributed by atoms with van der Waals surface area (Å²) in [6.07, 6.45) is 4.03. The van der Waals surface area contributed by atoms with Crippen molar-refractivity contribution >= 4 is 13.9 Å². The van der Waals surface area contributed by atoms with E-state index >= 15 is 0 Å². The van der Waals surface area contributed by atoms with Crippen LogP contribution in [-0.4, -0.2) is 37.9 Å². The molecule has 0 fully saturated rings. The minimum Gasteiger partial charge on any atom is -0.406 e. The van der Waals surface area contributed by atoms with Gasteiger partial charge < -0.3 is 10.1 Å². The Morgan fingerprint density at radius 1 is 1.33 bits per heavy atom. The molecule has 1 N–H and O–H groups in total. The molecule has 0 aromatic carbocycles. The average molecular weight is 212 g/mol. The second-order valence-corrected chi connectivity index (χ2v) is 4.21. The predicted molar refractivity (Wildman–Crippen MR) is 67.5 cm³/mol. The zero-order valence-corrected chi connectivity index (χ0v) is 10.7. The molecule has 0 aromatic rings. The number of nitrogens with one attached hydrogen (secondary N) is 1. The fraction of sp³-hybridized carbons (Fsp3) is 0.909. The van der Waals surface area contributed by atoms with E-state index in [9.17, 15) is 4.79 Å². The highest BCUT2D eigenvalue weighted by Gasteiger charge is 2.05. The fourth-order valence-corrected chi connectivity index (χ4v) is 1.68. The first-order valence-corrected chi connectivity index (χ1v) is 6.06. The molecule has 1 amide bonds. The maximum Gasteiger partial charge on any atom is 0.217 e. The molecule has 0 aliphatic carbocycles.